The molecule has 8 nitrogen and oxygen atoms in total. The van der Waals surface area contributed by atoms with Crippen LogP contribution in [0.4, 0.5) is 9.59 Å². The number of hydrogen-bond acceptors (Lipinski definition) is 5. The third-order valence-electron chi connectivity index (χ3n) is 2.21. The summed E-state index contributed by atoms with van der Waals surface area (Å²) >= 11 is 0. The number of alkyl carbamates (subject to hydrolysis) is 1. The van der Waals surface area contributed by atoms with Crippen LogP contribution in [-0.4, -0.2) is 56.9 Å². The molecule has 8 heteroatoms. The Labute approximate surface area is 132 Å². The predicted octanol–water partition coefficient (Wildman–Crippen LogP) is 1.21. The van der Waals surface area contributed by atoms with Crippen molar-refractivity contribution in [1.82, 2.24) is 16.0 Å². The van der Waals surface area contributed by atoms with Crippen molar-refractivity contribution in [2.24, 2.45) is 0 Å². The monoisotopic (exact) mass is 319 g/mol. The van der Waals surface area contributed by atoms with Gasteiger partial charge < -0.3 is 30.2 Å². The zero-order chi connectivity index (χ0) is 17.0. The van der Waals surface area contributed by atoms with Crippen LogP contribution in [0.1, 0.15) is 34.6 Å². The molecule has 0 aromatic carbocycles. The third-order valence-corrected chi connectivity index (χ3v) is 2.21. The van der Waals surface area contributed by atoms with Gasteiger partial charge in [0.25, 0.3) is 0 Å². The van der Waals surface area contributed by atoms with E-state index in [1.165, 1.54) is 0 Å². The Morgan fingerprint density at radius 2 is 1.50 bits per heavy atom. The molecule has 0 atom stereocenters. The van der Waals surface area contributed by atoms with Gasteiger partial charge in [-0.2, -0.15) is 0 Å². The van der Waals surface area contributed by atoms with Crippen LogP contribution < -0.4 is 16.0 Å². The van der Waals surface area contributed by atoms with E-state index in [1.54, 1.807) is 20.8 Å². The summed E-state index contributed by atoms with van der Waals surface area (Å²) in [6.07, 6.45) is -0.969. The summed E-state index contributed by atoms with van der Waals surface area (Å²) in [6, 6.07) is -0.351. The van der Waals surface area contributed by atoms with E-state index >= 15 is 0 Å². The number of rotatable bonds is 9. The number of hydrogen-bond donors (Lipinski definition) is 3. The molecule has 0 aliphatic heterocycles. The number of ether oxygens (including phenoxy) is 3. The highest BCUT2D eigenvalue weighted by molar-refractivity contribution is 5.74. The smallest absolute Gasteiger partial charge is 0.407 e. The quantitative estimate of drug-likeness (QED) is 0.438. The number of urea groups is 1. The molecule has 0 fully saturated rings. The summed E-state index contributed by atoms with van der Waals surface area (Å²) in [6.45, 7) is 10.9. The van der Waals surface area contributed by atoms with Gasteiger partial charge in [0.2, 0.25) is 0 Å². The molecular weight excluding hydrogens is 290 g/mol. The molecule has 130 valence electrons. The normalized spacial score (nSPS) is 11.2. The molecule has 0 spiro atoms. The highest BCUT2D eigenvalue weighted by atomic mass is 16.7. The van der Waals surface area contributed by atoms with Crippen molar-refractivity contribution in [3.8, 4) is 0 Å². The molecular formula is C14H29N3O5. The van der Waals surface area contributed by atoms with Gasteiger partial charge in [0.05, 0.1) is 6.54 Å². The fraction of sp³-hybridized carbons (Fsp3) is 0.857. The van der Waals surface area contributed by atoms with Crippen molar-refractivity contribution in [1.29, 1.82) is 0 Å². The first kappa shape index (κ1) is 20.5. The Balaban J connectivity index is 3.75. The fourth-order valence-corrected chi connectivity index (χ4v) is 1.43. The summed E-state index contributed by atoms with van der Waals surface area (Å²) in [4.78, 5) is 22.9. The third kappa shape index (κ3) is 12.2. The second kappa shape index (κ2) is 11.1. The van der Waals surface area contributed by atoms with E-state index in [0.29, 0.717) is 19.8 Å². The number of carbonyl (C=O) groups is 2. The molecule has 0 radical (unpaired) electrons. The van der Waals surface area contributed by atoms with Gasteiger partial charge in [0, 0.05) is 26.3 Å². The molecule has 3 N–H and O–H groups in total. The van der Waals surface area contributed by atoms with Crippen LogP contribution in [0, 0.1) is 0 Å². The van der Waals surface area contributed by atoms with Crippen LogP contribution in [0.3, 0.4) is 0 Å². The maximum atomic E-state index is 11.6. The predicted molar refractivity (Wildman–Crippen MR) is 82.7 cm³/mol. The van der Waals surface area contributed by atoms with E-state index in [0.717, 1.165) is 0 Å². The summed E-state index contributed by atoms with van der Waals surface area (Å²) < 4.78 is 15.7. The lowest BCUT2D eigenvalue weighted by Crippen LogP contribution is -2.44. The van der Waals surface area contributed by atoms with Crippen molar-refractivity contribution in [2.45, 2.75) is 46.5 Å². The Morgan fingerprint density at radius 3 is 2.00 bits per heavy atom. The lowest BCUT2D eigenvalue weighted by atomic mass is 10.2. The van der Waals surface area contributed by atoms with E-state index in [2.05, 4.69) is 16.0 Å². The summed E-state index contributed by atoms with van der Waals surface area (Å²) in [7, 11) is 0. The van der Waals surface area contributed by atoms with E-state index in [-0.39, 0.29) is 19.1 Å². The molecule has 0 rings (SSSR count). The van der Waals surface area contributed by atoms with Gasteiger partial charge in [0.1, 0.15) is 5.60 Å². The van der Waals surface area contributed by atoms with Gasteiger partial charge in [0.15, 0.2) is 6.29 Å². The largest absolute Gasteiger partial charge is 0.444 e. The highest BCUT2D eigenvalue weighted by Gasteiger charge is 2.15. The van der Waals surface area contributed by atoms with Gasteiger partial charge in [-0.3, -0.25) is 0 Å². The Kier molecular flexibility index (Phi) is 10.3. The number of nitrogens with one attached hydrogen (secondary N) is 3. The molecule has 0 unspecified atom stereocenters. The van der Waals surface area contributed by atoms with E-state index in [4.69, 9.17) is 14.2 Å². The van der Waals surface area contributed by atoms with Crippen LogP contribution >= 0.6 is 0 Å². The molecule has 0 saturated carbocycles. The Hall–Kier alpha value is -1.54. The maximum Gasteiger partial charge on any atom is 0.407 e. The summed E-state index contributed by atoms with van der Waals surface area (Å²) in [5, 5.41) is 7.79. The molecule has 0 heterocycles. The van der Waals surface area contributed by atoms with Gasteiger partial charge in [-0.05, 0) is 34.6 Å². The molecule has 0 bridgehead atoms. The van der Waals surface area contributed by atoms with Crippen LogP contribution in [0.5, 0.6) is 0 Å². The SMILES string of the molecule is CCOC(CNC(=O)NCCNC(=O)OC(C)(C)C)OCC. The second-order valence-corrected chi connectivity index (χ2v) is 5.41. The van der Waals surface area contributed by atoms with Crippen LogP contribution in [0.2, 0.25) is 0 Å². The fourth-order valence-electron chi connectivity index (χ4n) is 1.43. The Morgan fingerprint density at radius 1 is 0.955 bits per heavy atom. The minimum atomic E-state index is -0.539. The highest BCUT2D eigenvalue weighted by Crippen LogP contribution is 2.05. The van der Waals surface area contributed by atoms with Gasteiger partial charge >= 0.3 is 12.1 Å². The number of amides is 3. The zero-order valence-electron chi connectivity index (χ0n) is 14.2. The van der Waals surface area contributed by atoms with Gasteiger partial charge in [-0.15, -0.1) is 0 Å². The van der Waals surface area contributed by atoms with Crippen molar-refractivity contribution in [3.63, 3.8) is 0 Å². The average Bonchev–Trinajstić information content (AvgIpc) is 2.39. The first-order valence-corrected chi connectivity index (χ1v) is 7.50. The van der Waals surface area contributed by atoms with E-state index < -0.39 is 18.0 Å². The van der Waals surface area contributed by atoms with E-state index in [1.807, 2.05) is 13.8 Å². The lowest BCUT2D eigenvalue weighted by Gasteiger charge is -2.20. The molecule has 0 aliphatic carbocycles. The van der Waals surface area contributed by atoms with Crippen molar-refractivity contribution in [2.75, 3.05) is 32.8 Å². The van der Waals surface area contributed by atoms with Crippen LogP contribution in [0.25, 0.3) is 0 Å². The first-order chi connectivity index (χ1) is 10.3. The lowest BCUT2D eigenvalue weighted by molar-refractivity contribution is -0.131. The molecule has 0 saturated heterocycles. The standard InChI is InChI=1S/C14H29N3O5/c1-6-20-11(21-7-2)10-17-12(18)15-8-9-16-13(19)22-14(3,4)5/h11H,6-10H2,1-5H3,(H,16,19)(H2,15,17,18). The molecule has 0 aromatic heterocycles. The van der Waals surface area contributed by atoms with Gasteiger partial charge in [-0.25, -0.2) is 9.59 Å². The summed E-state index contributed by atoms with van der Waals surface area (Å²) in [5.41, 5.74) is -0.539. The van der Waals surface area contributed by atoms with Crippen LogP contribution in [0.15, 0.2) is 0 Å². The second-order valence-electron chi connectivity index (χ2n) is 5.41. The van der Waals surface area contributed by atoms with Crippen molar-refractivity contribution in [3.05, 3.63) is 0 Å². The van der Waals surface area contributed by atoms with Crippen molar-refractivity contribution < 1.29 is 23.8 Å². The topological polar surface area (TPSA) is 97.9 Å². The Bertz CT molecular complexity index is 325. The average molecular weight is 319 g/mol. The number of carbonyl (C=O) groups excluding carboxylic acids is 2. The minimum absolute atomic E-state index is 0.257. The first-order valence-electron chi connectivity index (χ1n) is 7.50. The van der Waals surface area contributed by atoms with E-state index in [9.17, 15) is 9.59 Å². The van der Waals surface area contributed by atoms with Crippen LogP contribution in [-0.2, 0) is 14.2 Å². The van der Waals surface area contributed by atoms with Gasteiger partial charge in [-0.1, -0.05) is 0 Å². The zero-order valence-corrected chi connectivity index (χ0v) is 14.2. The molecule has 0 aromatic rings. The maximum absolute atomic E-state index is 11.6. The van der Waals surface area contributed by atoms with Crippen molar-refractivity contribution >= 4 is 12.1 Å². The molecule has 0 aliphatic rings. The summed E-state index contributed by atoms with van der Waals surface area (Å²) in [5.74, 6) is 0. The molecule has 3 amide bonds. The minimum Gasteiger partial charge on any atom is -0.444 e. The molecule has 22 heavy (non-hydrogen) atoms.